The molecule has 0 saturated carbocycles. The molecule has 0 spiro atoms. The molecule has 5 rings (SSSR count). The highest BCUT2D eigenvalue weighted by Gasteiger charge is 2.58. The first-order valence-electron chi connectivity index (χ1n) is 18.4. The summed E-state index contributed by atoms with van der Waals surface area (Å²) in [5, 5.41) is 0. The maximum Gasteiger partial charge on any atom is 0.395 e. The van der Waals surface area contributed by atoms with Gasteiger partial charge in [0.25, 0.3) is 0 Å². The summed E-state index contributed by atoms with van der Waals surface area (Å²) >= 11 is 0. The van der Waals surface area contributed by atoms with Crippen molar-refractivity contribution in [3.8, 4) is 0 Å². The van der Waals surface area contributed by atoms with E-state index in [0.717, 1.165) is 44.8 Å². The minimum Gasteiger partial charge on any atom is -0.313 e. The van der Waals surface area contributed by atoms with Crippen molar-refractivity contribution in [1.29, 1.82) is 0 Å². The highest BCUT2D eigenvalue weighted by molar-refractivity contribution is 7.62. The second-order valence-electron chi connectivity index (χ2n) is 15.9. The Balaban J connectivity index is 1.99. The smallest absolute Gasteiger partial charge is 0.313 e. The Morgan fingerprint density at radius 3 is 0.959 bits per heavy atom. The molecule has 2 atom stereocenters. The van der Waals surface area contributed by atoms with Crippen LogP contribution in [-0.2, 0) is 4.57 Å². The summed E-state index contributed by atoms with van der Waals surface area (Å²) in [5.74, 6) is 1.26. The molecular formula is C44H59N2O2P. The summed E-state index contributed by atoms with van der Waals surface area (Å²) in [6.07, 6.45) is 0. The van der Waals surface area contributed by atoms with E-state index >= 15 is 4.57 Å². The highest BCUT2D eigenvalue weighted by Crippen LogP contribution is 2.72. The van der Waals surface area contributed by atoms with Crippen LogP contribution in [0.1, 0.15) is 175 Å². The second kappa shape index (κ2) is 14.5. The summed E-state index contributed by atoms with van der Waals surface area (Å²) < 4.78 is 20.1. The van der Waals surface area contributed by atoms with Gasteiger partial charge in [-0.2, -0.15) is 0 Å². The molecular weight excluding hydrogens is 619 g/mol. The molecule has 0 aromatic heterocycles. The van der Waals surface area contributed by atoms with Crippen molar-refractivity contribution in [1.82, 2.24) is 0 Å². The third-order valence-corrected chi connectivity index (χ3v) is 12.4. The summed E-state index contributed by atoms with van der Waals surface area (Å²) in [7, 11) is -4.33. The lowest BCUT2D eigenvalue weighted by molar-refractivity contribution is 0.476. The molecule has 0 radical (unpaired) electrons. The number of anilines is 2. The van der Waals surface area contributed by atoms with Crippen molar-refractivity contribution < 1.29 is 9.46 Å². The molecule has 4 nitrogen and oxygen atoms in total. The van der Waals surface area contributed by atoms with E-state index in [1.807, 2.05) is 21.5 Å². The zero-order valence-electron chi connectivity index (χ0n) is 31.9. The van der Waals surface area contributed by atoms with Gasteiger partial charge in [-0.25, -0.2) is 4.57 Å². The lowest BCUT2D eigenvalue weighted by atomic mass is 9.84. The molecule has 0 unspecified atom stereocenters. The van der Waals surface area contributed by atoms with E-state index in [4.69, 9.17) is 0 Å². The largest absolute Gasteiger partial charge is 0.395 e. The van der Waals surface area contributed by atoms with E-state index in [1.54, 1.807) is 0 Å². The zero-order valence-corrected chi connectivity index (χ0v) is 32.8. The Morgan fingerprint density at radius 1 is 0.469 bits per heavy atom. The molecule has 1 saturated heterocycles. The van der Waals surface area contributed by atoms with Gasteiger partial charge in [-0.3, -0.25) is 9.34 Å². The first kappa shape index (κ1) is 36.9. The third kappa shape index (κ3) is 6.89. The number of hydrogen-bond acceptors (Lipinski definition) is 1. The highest BCUT2D eigenvalue weighted by atomic mass is 31.2. The van der Waals surface area contributed by atoms with E-state index in [9.17, 15) is 4.89 Å². The van der Waals surface area contributed by atoms with Gasteiger partial charge in [-0.05, 0) is 80.0 Å². The van der Waals surface area contributed by atoms with Crippen LogP contribution in [0.15, 0.2) is 84.9 Å². The molecule has 0 amide bonds. The van der Waals surface area contributed by atoms with Gasteiger partial charge in [0, 0.05) is 0 Å². The minimum atomic E-state index is -4.33. The Hall–Kier alpha value is -3.33. The van der Waals surface area contributed by atoms with Gasteiger partial charge in [0.1, 0.15) is 0 Å². The predicted molar refractivity (Wildman–Crippen MR) is 211 cm³/mol. The van der Waals surface area contributed by atoms with E-state index in [2.05, 4.69) is 156 Å². The average molecular weight is 679 g/mol. The van der Waals surface area contributed by atoms with Gasteiger partial charge in [-0.1, -0.05) is 168 Å². The van der Waals surface area contributed by atoms with E-state index in [-0.39, 0.29) is 23.7 Å². The van der Waals surface area contributed by atoms with Gasteiger partial charge < -0.3 is 4.89 Å². The Morgan fingerprint density at radius 2 is 0.735 bits per heavy atom. The fraction of sp³-hybridized carbons (Fsp3) is 0.455. The van der Waals surface area contributed by atoms with Crippen molar-refractivity contribution in [3.63, 3.8) is 0 Å². The lowest BCUT2D eigenvalue weighted by Gasteiger charge is -2.36. The van der Waals surface area contributed by atoms with Crippen molar-refractivity contribution in [3.05, 3.63) is 129 Å². The molecule has 5 heteroatoms. The fourth-order valence-electron chi connectivity index (χ4n) is 7.55. The van der Waals surface area contributed by atoms with Crippen LogP contribution in [0.5, 0.6) is 0 Å². The number of hydrogen-bond donors (Lipinski definition) is 1. The summed E-state index contributed by atoms with van der Waals surface area (Å²) in [6, 6.07) is 29.2. The zero-order chi connectivity index (χ0) is 35.9. The first-order chi connectivity index (χ1) is 23.1. The van der Waals surface area contributed by atoms with Crippen molar-refractivity contribution in [2.24, 2.45) is 0 Å². The van der Waals surface area contributed by atoms with Gasteiger partial charge in [0.15, 0.2) is 0 Å². The van der Waals surface area contributed by atoms with Crippen LogP contribution in [-0.4, -0.2) is 4.89 Å². The van der Waals surface area contributed by atoms with E-state index in [1.165, 1.54) is 11.1 Å². The molecule has 4 aromatic rings. The normalized spacial score (nSPS) is 17.9. The molecule has 1 aliphatic heterocycles. The van der Waals surface area contributed by atoms with E-state index < -0.39 is 19.8 Å². The standard InChI is InChI=1S/C44H59N2O2P/c1-27(2)35-23-37(29(5)6)43(38(24-35)30(7)8)45-41(33-19-15-13-16-20-33)42(34-21-17-14-18-22-34)46(49(45,47)48)44-39(31(9)10)25-36(28(3)4)26-40(44)32(11)12/h13-32,41-42H,1-12H3,(H,47,48)/t41-,42-/m1/s1. The van der Waals surface area contributed by atoms with Crippen molar-refractivity contribution >= 4 is 19.0 Å². The first-order valence-corrected chi connectivity index (χ1v) is 20.0. The Bertz CT molecular complexity index is 1610. The van der Waals surface area contributed by atoms with Gasteiger partial charge in [0.2, 0.25) is 0 Å². The molecule has 1 fully saturated rings. The number of rotatable bonds is 10. The summed E-state index contributed by atoms with van der Waals surface area (Å²) in [5.41, 5.74) is 10.9. The maximum absolute atomic E-state index is 16.2. The van der Waals surface area contributed by atoms with Crippen LogP contribution in [0.3, 0.4) is 0 Å². The van der Waals surface area contributed by atoms with E-state index in [0.29, 0.717) is 11.8 Å². The third-order valence-electron chi connectivity index (χ3n) is 10.3. The Kier molecular flexibility index (Phi) is 10.9. The molecule has 0 aliphatic carbocycles. The van der Waals surface area contributed by atoms with Crippen molar-refractivity contribution in [2.45, 2.75) is 131 Å². The molecule has 262 valence electrons. The van der Waals surface area contributed by atoms with Crippen LogP contribution in [0.25, 0.3) is 0 Å². The quantitative estimate of drug-likeness (QED) is 0.170. The van der Waals surface area contributed by atoms with Crippen LogP contribution in [0, 0.1) is 0 Å². The molecule has 1 aliphatic rings. The maximum atomic E-state index is 16.2. The van der Waals surface area contributed by atoms with Crippen LogP contribution >= 0.6 is 7.67 Å². The monoisotopic (exact) mass is 678 g/mol. The minimum absolute atomic E-state index is 0.148. The van der Waals surface area contributed by atoms with Gasteiger partial charge in [0.05, 0.1) is 23.5 Å². The number of benzene rings is 4. The Labute approximate surface area is 297 Å². The van der Waals surface area contributed by atoms with Gasteiger partial charge >= 0.3 is 7.67 Å². The van der Waals surface area contributed by atoms with Crippen LogP contribution in [0.2, 0.25) is 0 Å². The predicted octanol–water partition coefficient (Wildman–Crippen LogP) is 13.3. The topological polar surface area (TPSA) is 43.8 Å². The lowest BCUT2D eigenvalue weighted by Crippen LogP contribution is -2.26. The average Bonchev–Trinajstić information content (AvgIpc) is 3.30. The van der Waals surface area contributed by atoms with Crippen molar-refractivity contribution in [2.75, 3.05) is 9.34 Å². The number of nitrogens with zero attached hydrogens (tertiary/aromatic N) is 2. The van der Waals surface area contributed by atoms with Gasteiger partial charge in [-0.15, -0.1) is 0 Å². The van der Waals surface area contributed by atoms with Crippen LogP contribution < -0.4 is 9.34 Å². The SMILES string of the molecule is CC(C)c1cc(C(C)C)c(N2[C@H](c3ccccc3)[C@@H](c3ccccc3)N(c3c(C(C)C)cc(C(C)C)cc3C(C)C)P2(=O)O)c(C(C)C)c1. The fourth-order valence-corrected chi connectivity index (χ4v) is 9.90. The molecule has 4 aromatic carbocycles. The molecule has 49 heavy (non-hydrogen) atoms. The molecule has 1 heterocycles. The molecule has 0 bridgehead atoms. The summed E-state index contributed by atoms with van der Waals surface area (Å²) in [4.78, 5) is 13.3. The van der Waals surface area contributed by atoms with Crippen LogP contribution in [0.4, 0.5) is 11.4 Å². The second-order valence-corrected chi connectivity index (χ2v) is 17.8. The molecule has 1 N–H and O–H groups in total. The summed E-state index contributed by atoms with van der Waals surface area (Å²) in [6.45, 7) is 26.7.